The summed E-state index contributed by atoms with van der Waals surface area (Å²) in [5.74, 6) is -8.15. The number of fused-ring (bicyclic) bond motifs is 3. The lowest BCUT2D eigenvalue weighted by Gasteiger charge is -2.34. The SMILES string of the molecule is CC[C@H](C)[C@@H]1NC(=O)[C@H](C(C)C)NC(=O)[C@@H]2CCCN2C(=O)[C@@H]2CCCN2C(=O)CNC(=O)C=CCNC(=O)[C@H](CCC(N)=O)NC(=O)[C@H]([C@@H](C)CC)NC(=O)[C@@H]2CCCN2C(=O)[C@H](CC(C)C)NC1=O. The summed E-state index contributed by atoms with van der Waals surface area (Å²) in [6.07, 6.45) is 5.45. The van der Waals surface area contributed by atoms with Gasteiger partial charge in [-0.25, -0.2) is 0 Å². The Hall–Kier alpha value is -6.09. The molecule has 0 spiro atoms. The van der Waals surface area contributed by atoms with Crippen LogP contribution in [0.1, 0.15) is 126 Å². The summed E-state index contributed by atoms with van der Waals surface area (Å²) in [6.45, 7) is 14.5. The first-order valence-electron chi connectivity index (χ1n) is 25.5. The number of nitrogens with zero attached hydrogens (tertiary/aromatic N) is 3. The van der Waals surface area contributed by atoms with Crippen molar-refractivity contribution in [1.29, 1.82) is 0 Å². The standard InChI is InChI=1S/C49H79N11O11/c1-9-29(7)40-46(68)53-31(19-20-36(50)61)42(64)51-21-11-18-37(62)52-26-38(63)58-22-14-17-35(58)49(71)60-24-13-16-34(60)43(65)55-39(28(5)6)45(67)57-41(30(8)10-2)47(69)54-32(25-27(3)4)48(70)59-23-12-15-33(59)44(66)56-40/h11,18,27-35,39-41H,9-10,12-17,19-26H2,1-8H3,(H2,50,61)(H,51,64)(H,52,62)(H,53,68)(H,54,69)(H,55,65)(H,56,66)(H,57,67)/t29-,30-,31-,32-,33-,34-,35-,39-,40-,41-/m0/s1. The minimum absolute atomic E-state index is 0.0962. The number of hydrogen-bond donors (Lipinski definition) is 8. The molecule has 0 saturated carbocycles. The first-order valence-corrected chi connectivity index (χ1v) is 25.5. The lowest BCUT2D eigenvalue weighted by Crippen LogP contribution is -2.62. The average Bonchev–Trinajstić information content (AvgIpc) is 4.14. The molecule has 11 amide bonds. The second-order valence-electron chi connectivity index (χ2n) is 20.2. The van der Waals surface area contributed by atoms with Crippen LogP contribution < -0.4 is 43.0 Å². The summed E-state index contributed by atoms with van der Waals surface area (Å²) < 4.78 is 0. The summed E-state index contributed by atoms with van der Waals surface area (Å²) in [5, 5.41) is 19.1. The number of carbonyl (C=O) groups excluding carboxylic acids is 11. The van der Waals surface area contributed by atoms with Crippen LogP contribution in [0.5, 0.6) is 0 Å². The fraction of sp³-hybridized carbons (Fsp3) is 0.735. The molecule has 0 aliphatic carbocycles. The number of rotatable bonds is 10. The highest BCUT2D eigenvalue weighted by Gasteiger charge is 2.44. The highest BCUT2D eigenvalue weighted by Crippen LogP contribution is 2.26. The van der Waals surface area contributed by atoms with Crippen molar-refractivity contribution in [3.05, 3.63) is 12.2 Å². The molecule has 4 aliphatic heterocycles. The average molecular weight is 998 g/mol. The van der Waals surface area contributed by atoms with Gasteiger partial charge in [-0.2, -0.15) is 0 Å². The summed E-state index contributed by atoms with van der Waals surface area (Å²) in [5.41, 5.74) is 5.40. The van der Waals surface area contributed by atoms with Crippen molar-refractivity contribution in [2.24, 2.45) is 29.4 Å². The van der Waals surface area contributed by atoms with E-state index in [1.165, 1.54) is 20.8 Å². The van der Waals surface area contributed by atoms with Crippen molar-refractivity contribution < 1.29 is 52.7 Å². The van der Waals surface area contributed by atoms with Crippen LogP contribution in [0.4, 0.5) is 0 Å². The molecule has 22 heteroatoms. The molecule has 4 heterocycles. The van der Waals surface area contributed by atoms with Gasteiger partial charge in [0.15, 0.2) is 0 Å². The Labute approximate surface area is 417 Å². The van der Waals surface area contributed by atoms with Gasteiger partial charge in [0, 0.05) is 38.7 Å². The zero-order chi connectivity index (χ0) is 52.7. The van der Waals surface area contributed by atoms with E-state index in [1.54, 1.807) is 27.7 Å². The number of primary amides is 1. The van der Waals surface area contributed by atoms with Gasteiger partial charge < -0.3 is 57.7 Å². The fourth-order valence-electron chi connectivity index (χ4n) is 9.54. The molecule has 3 fully saturated rings. The van der Waals surface area contributed by atoms with Gasteiger partial charge in [0.2, 0.25) is 65.0 Å². The summed E-state index contributed by atoms with van der Waals surface area (Å²) in [7, 11) is 0. The van der Waals surface area contributed by atoms with Crippen LogP contribution in [0.2, 0.25) is 0 Å². The molecule has 71 heavy (non-hydrogen) atoms. The molecule has 22 nitrogen and oxygen atoms in total. The van der Waals surface area contributed by atoms with E-state index in [1.807, 2.05) is 27.7 Å². The number of amides is 11. The van der Waals surface area contributed by atoms with Gasteiger partial charge in [-0.05, 0) is 75.0 Å². The molecule has 3 saturated heterocycles. The van der Waals surface area contributed by atoms with Crippen LogP contribution in [-0.4, -0.2) is 161 Å². The lowest BCUT2D eigenvalue weighted by atomic mass is 9.95. The maximum Gasteiger partial charge on any atom is 0.246 e. The molecule has 4 aliphatic rings. The van der Waals surface area contributed by atoms with Crippen LogP contribution in [0.3, 0.4) is 0 Å². The van der Waals surface area contributed by atoms with E-state index in [0.29, 0.717) is 44.9 Å². The van der Waals surface area contributed by atoms with E-state index in [-0.39, 0.29) is 57.8 Å². The Kier molecular flexibility index (Phi) is 21.8. The van der Waals surface area contributed by atoms with E-state index in [9.17, 15) is 52.7 Å². The predicted molar refractivity (Wildman–Crippen MR) is 261 cm³/mol. The van der Waals surface area contributed by atoms with Crippen LogP contribution in [0.25, 0.3) is 0 Å². The van der Waals surface area contributed by atoms with Crippen molar-refractivity contribution >= 4 is 65.0 Å². The highest BCUT2D eigenvalue weighted by molar-refractivity contribution is 5.99. The monoisotopic (exact) mass is 998 g/mol. The maximum absolute atomic E-state index is 14.5. The Morgan fingerprint density at radius 3 is 1.59 bits per heavy atom. The van der Waals surface area contributed by atoms with E-state index >= 15 is 0 Å². The molecule has 10 atom stereocenters. The molecule has 0 radical (unpaired) electrons. The first kappa shape index (κ1) is 57.5. The Morgan fingerprint density at radius 2 is 1.07 bits per heavy atom. The maximum atomic E-state index is 14.5. The Balaban J connectivity index is 1.69. The summed E-state index contributed by atoms with van der Waals surface area (Å²) in [6, 6.07) is -8.64. The summed E-state index contributed by atoms with van der Waals surface area (Å²) >= 11 is 0. The third-order valence-electron chi connectivity index (χ3n) is 14.1. The van der Waals surface area contributed by atoms with Crippen LogP contribution >= 0.6 is 0 Å². The number of nitrogens with two attached hydrogens (primary N) is 1. The van der Waals surface area contributed by atoms with Gasteiger partial charge in [0.1, 0.15) is 48.3 Å². The van der Waals surface area contributed by atoms with Gasteiger partial charge in [0.05, 0.1) is 6.54 Å². The van der Waals surface area contributed by atoms with Crippen molar-refractivity contribution in [3.8, 4) is 0 Å². The largest absolute Gasteiger partial charge is 0.370 e. The highest BCUT2D eigenvalue weighted by atomic mass is 16.2. The molecule has 0 bridgehead atoms. The quantitative estimate of drug-likeness (QED) is 0.135. The molecule has 0 aromatic heterocycles. The van der Waals surface area contributed by atoms with E-state index in [2.05, 4.69) is 37.2 Å². The van der Waals surface area contributed by atoms with Gasteiger partial charge in [-0.3, -0.25) is 52.7 Å². The van der Waals surface area contributed by atoms with E-state index in [4.69, 9.17) is 5.73 Å². The minimum Gasteiger partial charge on any atom is -0.370 e. The molecule has 0 aromatic rings. The molecule has 4 rings (SSSR count). The van der Waals surface area contributed by atoms with Gasteiger partial charge in [0.25, 0.3) is 0 Å². The van der Waals surface area contributed by atoms with Crippen molar-refractivity contribution in [2.45, 2.75) is 174 Å². The minimum atomic E-state index is -1.28. The first-order chi connectivity index (χ1) is 33.6. The van der Waals surface area contributed by atoms with E-state index in [0.717, 1.165) is 6.08 Å². The van der Waals surface area contributed by atoms with Gasteiger partial charge >= 0.3 is 0 Å². The van der Waals surface area contributed by atoms with Crippen LogP contribution in [0, 0.1) is 23.7 Å². The fourth-order valence-corrected chi connectivity index (χ4v) is 9.54. The Bertz CT molecular complexity index is 2010. The molecular formula is C49H79N11O11. The molecule has 0 aromatic carbocycles. The zero-order valence-corrected chi connectivity index (χ0v) is 42.8. The normalized spacial score (nSPS) is 28.6. The van der Waals surface area contributed by atoms with Crippen molar-refractivity contribution in [3.63, 3.8) is 0 Å². The molecule has 9 N–H and O–H groups in total. The lowest BCUT2D eigenvalue weighted by molar-refractivity contribution is -0.147. The predicted octanol–water partition coefficient (Wildman–Crippen LogP) is -0.755. The summed E-state index contributed by atoms with van der Waals surface area (Å²) in [4.78, 5) is 155. The second kappa shape index (κ2) is 26.9. The van der Waals surface area contributed by atoms with Crippen LogP contribution in [-0.2, 0) is 52.7 Å². The topological polar surface area (TPSA) is 308 Å². The third kappa shape index (κ3) is 15.7. The van der Waals surface area contributed by atoms with Crippen molar-refractivity contribution in [1.82, 2.24) is 51.9 Å². The zero-order valence-electron chi connectivity index (χ0n) is 42.8. The smallest absolute Gasteiger partial charge is 0.246 e. The molecule has 396 valence electrons. The molecule has 0 unspecified atom stereocenters. The van der Waals surface area contributed by atoms with Crippen molar-refractivity contribution in [2.75, 3.05) is 32.7 Å². The van der Waals surface area contributed by atoms with Crippen LogP contribution in [0.15, 0.2) is 12.2 Å². The van der Waals surface area contributed by atoms with Gasteiger partial charge in [-0.1, -0.05) is 74.3 Å². The second-order valence-corrected chi connectivity index (χ2v) is 20.2. The third-order valence-corrected chi connectivity index (χ3v) is 14.1. The Morgan fingerprint density at radius 1 is 0.592 bits per heavy atom. The van der Waals surface area contributed by atoms with Gasteiger partial charge in [-0.15, -0.1) is 0 Å². The number of carbonyl (C=O) groups is 11. The molecular weight excluding hydrogens is 919 g/mol. The number of nitrogens with one attached hydrogen (secondary N) is 7. The number of hydrogen-bond acceptors (Lipinski definition) is 11. The van der Waals surface area contributed by atoms with E-state index < -0.39 is 138 Å².